The van der Waals surface area contributed by atoms with E-state index in [-0.39, 0.29) is 5.69 Å². The van der Waals surface area contributed by atoms with Crippen molar-refractivity contribution in [1.82, 2.24) is 14.9 Å². The monoisotopic (exact) mass is 362 g/mol. The highest BCUT2D eigenvalue weighted by Gasteiger charge is 2.22. The quantitative estimate of drug-likeness (QED) is 0.764. The predicted octanol–water partition coefficient (Wildman–Crippen LogP) is 3.89. The molecule has 1 amide bonds. The Hall–Kier alpha value is -2.67. The van der Waals surface area contributed by atoms with Crippen LogP contribution in [-0.4, -0.2) is 20.8 Å². The first-order chi connectivity index (χ1) is 11.9. The average molecular weight is 363 g/mol. The molecule has 0 aliphatic carbocycles. The maximum Gasteiger partial charge on any atom is 0.278 e. The highest BCUT2D eigenvalue weighted by atomic mass is 35.5. The molecule has 0 spiro atoms. The Balaban J connectivity index is 1.88. The lowest BCUT2D eigenvalue weighted by atomic mass is 10.1. The molecule has 0 unspecified atom stereocenters. The molecule has 8 heteroatoms. The molecule has 130 valence electrons. The lowest BCUT2D eigenvalue weighted by molar-refractivity contribution is 0.101. The Morgan fingerprint density at radius 2 is 2.12 bits per heavy atom. The van der Waals surface area contributed by atoms with Gasteiger partial charge in [-0.3, -0.25) is 9.48 Å². The van der Waals surface area contributed by atoms with Crippen LogP contribution in [0.5, 0.6) is 0 Å². The highest BCUT2D eigenvalue weighted by molar-refractivity contribution is 6.31. The number of aryl methyl sites for hydroxylation is 2. The summed E-state index contributed by atoms with van der Waals surface area (Å²) in [7, 11) is 0. The van der Waals surface area contributed by atoms with Crippen molar-refractivity contribution in [3.05, 3.63) is 63.5 Å². The summed E-state index contributed by atoms with van der Waals surface area (Å²) >= 11 is 6.17. The van der Waals surface area contributed by atoms with Crippen molar-refractivity contribution in [1.29, 1.82) is 0 Å². The molecule has 25 heavy (non-hydrogen) atoms. The summed E-state index contributed by atoms with van der Waals surface area (Å²) in [5, 5.41) is 11.4. The number of nitrogens with one attached hydrogen (secondary N) is 1. The number of amides is 1. The van der Waals surface area contributed by atoms with Crippen molar-refractivity contribution in [3.8, 4) is 0 Å². The Morgan fingerprint density at radius 3 is 2.76 bits per heavy atom. The van der Waals surface area contributed by atoms with Gasteiger partial charge < -0.3 is 9.84 Å². The molecule has 0 radical (unpaired) electrons. The Kier molecular flexibility index (Phi) is 4.59. The summed E-state index contributed by atoms with van der Waals surface area (Å²) in [4.78, 5) is 12.5. The maximum atomic E-state index is 13.3. The molecule has 0 atom stereocenters. The summed E-state index contributed by atoms with van der Waals surface area (Å²) in [6.07, 6.45) is 0. The van der Waals surface area contributed by atoms with Gasteiger partial charge in [-0.15, -0.1) is 0 Å². The smallest absolute Gasteiger partial charge is 0.278 e. The molecule has 0 bridgehead atoms. The van der Waals surface area contributed by atoms with Crippen LogP contribution in [0.1, 0.15) is 33.2 Å². The summed E-state index contributed by atoms with van der Waals surface area (Å²) in [6.45, 7) is 5.66. The first kappa shape index (κ1) is 17.2. The third kappa shape index (κ3) is 3.41. The lowest BCUT2D eigenvalue weighted by Crippen LogP contribution is -2.16. The zero-order chi connectivity index (χ0) is 18.1. The second-order valence-electron chi connectivity index (χ2n) is 5.67. The molecule has 0 saturated heterocycles. The van der Waals surface area contributed by atoms with Gasteiger partial charge in [-0.2, -0.15) is 5.10 Å². The molecule has 6 nitrogen and oxygen atoms in total. The maximum absolute atomic E-state index is 13.3. The van der Waals surface area contributed by atoms with Gasteiger partial charge >= 0.3 is 0 Å². The van der Waals surface area contributed by atoms with Gasteiger partial charge in [0.1, 0.15) is 11.6 Å². The molecule has 1 aromatic carbocycles. The van der Waals surface area contributed by atoms with Crippen molar-refractivity contribution in [2.45, 2.75) is 27.3 Å². The van der Waals surface area contributed by atoms with Crippen molar-refractivity contribution in [3.63, 3.8) is 0 Å². The first-order valence-electron chi connectivity index (χ1n) is 7.58. The Bertz CT molecular complexity index is 948. The van der Waals surface area contributed by atoms with E-state index in [0.29, 0.717) is 34.3 Å². The minimum atomic E-state index is -0.481. The van der Waals surface area contributed by atoms with Gasteiger partial charge in [0.25, 0.3) is 5.91 Å². The second-order valence-corrected chi connectivity index (χ2v) is 6.05. The van der Waals surface area contributed by atoms with E-state index in [9.17, 15) is 9.18 Å². The standard InChI is InChI=1S/C17H16ClFN4O2/c1-9-15(18)10(2)23(21-9)8-14-11(3)25-22-16(14)17(24)20-13-6-4-5-12(19)7-13/h4-7H,8H2,1-3H3,(H,20,24). The molecule has 2 heterocycles. The lowest BCUT2D eigenvalue weighted by Gasteiger charge is -2.07. The fourth-order valence-corrected chi connectivity index (χ4v) is 2.63. The predicted molar refractivity (Wildman–Crippen MR) is 91.4 cm³/mol. The van der Waals surface area contributed by atoms with Crippen LogP contribution in [0.2, 0.25) is 5.02 Å². The number of nitrogens with zero attached hydrogens (tertiary/aromatic N) is 3. The average Bonchev–Trinajstić information content (AvgIpc) is 3.04. The summed E-state index contributed by atoms with van der Waals surface area (Å²) in [5.74, 6) is -0.412. The number of hydrogen-bond donors (Lipinski definition) is 1. The molecule has 0 saturated carbocycles. The number of rotatable bonds is 4. The summed E-state index contributed by atoms with van der Waals surface area (Å²) < 4.78 is 20.1. The number of aromatic nitrogens is 3. The Morgan fingerprint density at radius 1 is 1.36 bits per heavy atom. The van der Waals surface area contributed by atoms with Gasteiger partial charge in [-0.1, -0.05) is 22.8 Å². The fraction of sp³-hybridized carbons (Fsp3) is 0.235. The summed E-state index contributed by atoms with van der Waals surface area (Å²) in [6, 6.07) is 5.63. The van der Waals surface area contributed by atoms with Crippen LogP contribution in [0.4, 0.5) is 10.1 Å². The minimum absolute atomic E-state index is 0.130. The topological polar surface area (TPSA) is 73.0 Å². The van der Waals surface area contributed by atoms with E-state index in [2.05, 4.69) is 15.6 Å². The fourth-order valence-electron chi connectivity index (χ4n) is 2.49. The van der Waals surface area contributed by atoms with Crippen LogP contribution in [-0.2, 0) is 6.54 Å². The minimum Gasteiger partial charge on any atom is -0.361 e. The van der Waals surface area contributed by atoms with E-state index in [1.165, 1.54) is 18.2 Å². The van der Waals surface area contributed by atoms with E-state index in [0.717, 1.165) is 5.69 Å². The van der Waals surface area contributed by atoms with E-state index < -0.39 is 11.7 Å². The van der Waals surface area contributed by atoms with Crippen LogP contribution < -0.4 is 5.32 Å². The van der Waals surface area contributed by atoms with Crippen molar-refractivity contribution < 1.29 is 13.7 Å². The molecule has 2 aromatic heterocycles. The van der Waals surface area contributed by atoms with Crippen molar-refractivity contribution in [2.75, 3.05) is 5.32 Å². The number of benzene rings is 1. The van der Waals surface area contributed by atoms with Gasteiger partial charge in [0.15, 0.2) is 5.69 Å². The third-order valence-corrected chi connectivity index (χ3v) is 4.43. The van der Waals surface area contributed by atoms with E-state index in [1.54, 1.807) is 17.7 Å². The van der Waals surface area contributed by atoms with Crippen LogP contribution in [0.3, 0.4) is 0 Å². The molecule has 3 rings (SSSR count). The van der Waals surface area contributed by atoms with Crippen LogP contribution >= 0.6 is 11.6 Å². The van der Waals surface area contributed by atoms with Gasteiger partial charge in [0, 0.05) is 11.3 Å². The van der Waals surface area contributed by atoms with Crippen molar-refractivity contribution in [2.24, 2.45) is 0 Å². The van der Waals surface area contributed by atoms with Gasteiger partial charge in [0.05, 0.1) is 23.0 Å². The number of halogens is 2. The largest absolute Gasteiger partial charge is 0.361 e. The highest BCUT2D eigenvalue weighted by Crippen LogP contribution is 2.22. The molecule has 3 aromatic rings. The van der Waals surface area contributed by atoms with Gasteiger partial charge in [0.2, 0.25) is 0 Å². The van der Waals surface area contributed by atoms with E-state index in [1.807, 2.05) is 13.8 Å². The van der Waals surface area contributed by atoms with Gasteiger partial charge in [-0.25, -0.2) is 4.39 Å². The number of hydrogen-bond acceptors (Lipinski definition) is 4. The van der Waals surface area contributed by atoms with Crippen LogP contribution in [0.15, 0.2) is 28.8 Å². The van der Waals surface area contributed by atoms with Crippen LogP contribution in [0, 0.1) is 26.6 Å². The summed E-state index contributed by atoms with van der Waals surface area (Å²) in [5.41, 5.74) is 2.56. The molecular weight excluding hydrogens is 347 g/mol. The molecular formula is C17H16ClFN4O2. The number of carbonyl (C=O) groups excluding carboxylic acids is 1. The SMILES string of the molecule is Cc1nn(Cc2c(C(=O)Nc3cccc(F)c3)noc2C)c(C)c1Cl. The second kappa shape index (κ2) is 6.68. The molecule has 0 aliphatic heterocycles. The zero-order valence-corrected chi connectivity index (χ0v) is 14.7. The van der Waals surface area contributed by atoms with Crippen molar-refractivity contribution >= 4 is 23.2 Å². The van der Waals surface area contributed by atoms with Crippen LogP contribution in [0.25, 0.3) is 0 Å². The van der Waals surface area contributed by atoms with E-state index >= 15 is 0 Å². The third-order valence-electron chi connectivity index (χ3n) is 3.88. The molecule has 0 aliphatic rings. The van der Waals surface area contributed by atoms with E-state index in [4.69, 9.17) is 16.1 Å². The number of anilines is 1. The number of carbonyl (C=O) groups is 1. The van der Waals surface area contributed by atoms with Gasteiger partial charge in [-0.05, 0) is 39.0 Å². The first-order valence-corrected chi connectivity index (χ1v) is 7.96. The normalized spacial score (nSPS) is 10.9. The zero-order valence-electron chi connectivity index (χ0n) is 13.9. The molecule has 0 fully saturated rings. The Labute approximate surface area is 148 Å². The molecule has 1 N–H and O–H groups in total.